The number of nitrogens with two attached hydrogens (primary N) is 1. The Morgan fingerprint density at radius 1 is 1.21 bits per heavy atom. The normalized spacial score (nSPS) is 21.4. The van der Waals surface area contributed by atoms with Gasteiger partial charge in [-0.15, -0.1) is 11.8 Å². The lowest BCUT2D eigenvalue weighted by atomic mass is 9.84. The van der Waals surface area contributed by atoms with Gasteiger partial charge in [-0.3, -0.25) is 0 Å². The predicted octanol–water partition coefficient (Wildman–Crippen LogP) is 3.14. The fraction of sp³-hybridized carbons (Fsp3) is 0.200. The monoisotopic (exact) mass is 291 g/mol. The van der Waals surface area contributed by atoms with Gasteiger partial charge in [0, 0.05) is 27.8 Å². The molecule has 19 heavy (non-hydrogen) atoms. The number of hydrogen-bond acceptors (Lipinski definition) is 3. The largest absolute Gasteiger partial charge is 0.379 e. The van der Waals surface area contributed by atoms with E-state index in [9.17, 15) is 5.11 Å². The molecule has 1 aliphatic rings. The summed E-state index contributed by atoms with van der Waals surface area (Å²) in [5.41, 5.74) is 7.52. The van der Waals surface area contributed by atoms with Gasteiger partial charge >= 0.3 is 0 Å². The van der Waals surface area contributed by atoms with Crippen LogP contribution < -0.4 is 5.73 Å². The van der Waals surface area contributed by atoms with Crippen molar-refractivity contribution in [1.29, 1.82) is 0 Å². The highest BCUT2D eigenvalue weighted by atomic mass is 35.5. The third kappa shape index (κ3) is 2.07. The van der Waals surface area contributed by atoms with Gasteiger partial charge in [0.2, 0.25) is 0 Å². The van der Waals surface area contributed by atoms with E-state index in [-0.39, 0.29) is 6.54 Å². The molecular weight excluding hydrogens is 278 g/mol. The summed E-state index contributed by atoms with van der Waals surface area (Å²) in [6, 6.07) is 13.5. The zero-order chi connectivity index (χ0) is 13.5. The summed E-state index contributed by atoms with van der Waals surface area (Å²) in [4.78, 5) is 1.07. The summed E-state index contributed by atoms with van der Waals surface area (Å²) in [6.07, 6.45) is 0. The molecule has 1 aliphatic heterocycles. The van der Waals surface area contributed by atoms with Gasteiger partial charge in [0.1, 0.15) is 5.60 Å². The summed E-state index contributed by atoms with van der Waals surface area (Å²) in [5.74, 6) is 0.787. The smallest absolute Gasteiger partial charge is 0.128 e. The second kappa shape index (κ2) is 4.84. The van der Waals surface area contributed by atoms with E-state index in [2.05, 4.69) is 0 Å². The van der Waals surface area contributed by atoms with Gasteiger partial charge in [-0.05, 0) is 29.3 Å². The molecule has 0 fully saturated rings. The number of aliphatic hydroxyl groups is 1. The Morgan fingerprint density at radius 3 is 2.79 bits per heavy atom. The minimum absolute atomic E-state index is 0.152. The Labute approximate surface area is 121 Å². The SMILES string of the molecule is NCC1(O)c2ccc(Cl)cc2CSc2ccccc21. The van der Waals surface area contributed by atoms with Crippen molar-refractivity contribution in [3.63, 3.8) is 0 Å². The van der Waals surface area contributed by atoms with Crippen molar-refractivity contribution in [2.45, 2.75) is 16.2 Å². The molecule has 0 aliphatic carbocycles. The molecule has 3 N–H and O–H groups in total. The average Bonchev–Trinajstić information content (AvgIpc) is 2.55. The van der Waals surface area contributed by atoms with Crippen molar-refractivity contribution in [2.24, 2.45) is 5.73 Å². The fourth-order valence-corrected chi connectivity index (χ4v) is 3.85. The van der Waals surface area contributed by atoms with Gasteiger partial charge in [0.05, 0.1) is 0 Å². The molecule has 1 unspecified atom stereocenters. The van der Waals surface area contributed by atoms with E-state index in [0.29, 0.717) is 5.02 Å². The molecule has 0 saturated heterocycles. The van der Waals surface area contributed by atoms with E-state index >= 15 is 0 Å². The van der Waals surface area contributed by atoms with Crippen LogP contribution in [-0.2, 0) is 11.4 Å². The summed E-state index contributed by atoms with van der Waals surface area (Å²) in [7, 11) is 0. The van der Waals surface area contributed by atoms with E-state index in [1.165, 1.54) is 0 Å². The molecule has 1 heterocycles. The second-order valence-electron chi connectivity index (χ2n) is 4.65. The first-order chi connectivity index (χ1) is 9.15. The van der Waals surface area contributed by atoms with Crippen LogP contribution in [0.4, 0.5) is 0 Å². The number of halogens is 1. The lowest BCUT2D eigenvalue weighted by Gasteiger charge is -2.29. The van der Waals surface area contributed by atoms with E-state index in [4.69, 9.17) is 17.3 Å². The van der Waals surface area contributed by atoms with Crippen LogP contribution in [0.5, 0.6) is 0 Å². The molecule has 2 nitrogen and oxygen atoms in total. The van der Waals surface area contributed by atoms with E-state index in [1.807, 2.05) is 36.4 Å². The maximum atomic E-state index is 11.1. The van der Waals surface area contributed by atoms with Crippen molar-refractivity contribution in [1.82, 2.24) is 0 Å². The maximum Gasteiger partial charge on any atom is 0.128 e. The second-order valence-corrected chi connectivity index (χ2v) is 6.10. The molecule has 0 amide bonds. The summed E-state index contributed by atoms with van der Waals surface area (Å²) in [6.45, 7) is 0.152. The molecular formula is C15H14ClNOS. The molecule has 2 aromatic carbocycles. The molecule has 0 saturated carbocycles. The number of fused-ring (bicyclic) bond motifs is 2. The average molecular weight is 292 g/mol. The predicted molar refractivity (Wildman–Crippen MR) is 79.5 cm³/mol. The molecule has 0 radical (unpaired) electrons. The minimum atomic E-state index is -1.14. The van der Waals surface area contributed by atoms with Gasteiger partial charge in [0.15, 0.2) is 0 Å². The van der Waals surface area contributed by atoms with Crippen LogP contribution >= 0.6 is 23.4 Å². The van der Waals surface area contributed by atoms with Crippen LogP contribution in [0.15, 0.2) is 47.4 Å². The van der Waals surface area contributed by atoms with Gasteiger partial charge in [-0.1, -0.05) is 35.9 Å². The molecule has 0 bridgehead atoms. The topological polar surface area (TPSA) is 46.2 Å². The number of rotatable bonds is 1. The Kier molecular flexibility index (Phi) is 3.31. The van der Waals surface area contributed by atoms with E-state index < -0.39 is 5.60 Å². The maximum absolute atomic E-state index is 11.1. The standard InChI is InChI=1S/C15H14ClNOS/c16-11-5-6-12-10(7-11)8-19-14-4-2-1-3-13(14)15(12,18)9-17/h1-7,18H,8-9,17H2. The molecule has 98 valence electrons. The minimum Gasteiger partial charge on any atom is -0.379 e. The van der Waals surface area contributed by atoms with Crippen molar-refractivity contribution in [3.05, 3.63) is 64.2 Å². The Balaban J connectivity index is 2.28. The quantitative estimate of drug-likeness (QED) is 0.848. The third-order valence-electron chi connectivity index (χ3n) is 3.52. The van der Waals surface area contributed by atoms with E-state index in [1.54, 1.807) is 17.8 Å². The lowest BCUT2D eigenvalue weighted by molar-refractivity contribution is 0.0871. The number of thioether (sulfide) groups is 1. The summed E-state index contributed by atoms with van der Waals surface area (Å²) >= 11 is 7.76. The Morgan fingerprint density at radius 2 is 2.00 bits per heavy atom. The van der Waals surface area contributed by atoms with Crippen molar-refractivity contribution in [3.8, 4) is 0 Å². The van der Waals surface area contributed by atoms with Crippen LogP contribution in [-0.4, -0.2) is 11.7 Å². The molecule has 1 atom stereocenters. The van der Waals surface area contributed by atoms with Gasteiger partial charge < -0.3 is 10.8 Å². The van der Waals surface area contributed by atoms with E-state index in [0.717, 1.165) is 27.3 Å². The van der Waals surface area contributed by atoms with Crippen LogP contribution in [0.25, 0.3) is 0 Å². The van der Waals surface area contributed by atoms with Crippen LogP contribution in [0.3, 0.4) is 0 Å². The van der Waals surface area contributed by atoms with Gasteiger partial charge in [-0.2, -0.15) is 0 Å². The molecule has 3 rings (SSSR count). The fourth-order valence-electron chi connectivity index (χ4n) is 2.54. The highest BCUT2D eigenvalue weighted by molar-refractivity contribution is 7.98. The van der Waals surface area contributed by atoms with Gasteiger partial charge in [-0.25, -0.2) is 0 Å². The van der Waals surface area contributed by atoms with Crippen LogP contribution in [0.1, 0.15) is 16.7 Å². The summed E-state index contributed by atoms with van der Waals surface area (Å²) < 4.78 is 0. The van der Waals surface area contributed by atoms with Gasteiger partial charge in [0.25, 0.3) is 0 Å². The summed E-state index contributed by atoms with van der Waals surface area (Å²) in [5, 5.41) is 11.8. The van der Waals surface area contributed by atoms with Crippen molar-refractivity contribution in [2.75, 3.05) is 6.54 Å². The third-order valence-corrected chi connectivity index (χ3v) is 4.88. The van der Waals surface area contributed by atoms with Crippen molar-refractivity contribution >= 4 is 23.4 Å². The molecule has 2 aromatic rings. The zero-order valence-electron chi connectivity index (χ0n) is 10.3. The first kappa shape index (κ1) is 13.0. The Bertz CT molecular complexity index is 631. The first-order valence-electron chi connectivity index (χ1n) is 6.09. The van der Waals surface area contributed by atoms with Crippen LogP contribution in [0, 0.1) is 0 Å². The first-order valence-corrected chi connectivity index (χ1v) is 7.45. The highest BCUT2D eigenvalue weighted by Gasteiger charge is 2.36. The lowest BCUT2D eigenvalue weighted by Crippen LogP contribution is -2.36. The Hall–Kier alpha value is -1.00. The number of benzene rings is 2. The highest BCUT2D eigenvalue weighted by Crippen LogP contribution is 2.43. The van der Waals surface area contributed by atoms with Crippen LogP contribution in [0.2, 0.25) is 5.02 Å². The molecule has 0 aromatic heterocycles. The molecule has 0 spiro atoms. The zero-order valence-corrected chi connectivity index (χ0v) is 11.8. The van der Waals surface area contributed by atoms with Crippen molar-refractivity contribution < 1.29 is 5.11 Å². The number of hydrogen-bond donors (Lipinski definition) is 2. The molecule has 4 heteroatoms.